The third-order valence-corrected chi connectivity index (χ3v) is 6.42. The minimum Gasteiger partial charge on any atom is -0.379 e. The maximum Gasteiger partial charge on any atom is 0.239 e. The average Bonchev–Trinajstić information content (AvgIpc) is 2.49. The molecule has 4 rings (SSSR count). The molecule has 6 heteroatoms. The second-order valence-electron chi connectivity index (χ2n) is 8.70. The lowest BCUT2D eigenvalue weighted by Crippen LogP contribution is -2.59. The van der Waals surface area contributed by atoms with E-state index in [4.69, 9.17) is 16.3 Å². The molecular formula is C19H31ClN2O3. The fraction of sp³-hybridized carbons (Fsp3) is 0.895. The summed E-state index contributed by atoms with van der Waals surface area (Å²) >= 11 is 6.78. The summed E-state index contributed by atoms with van der Waals surface area (Å²) in [5.74, 6) is 1.06. The summed E-state index contributed by atoms with van der Waals surface area (Å²) in [6, 6.07) is 0. The van der Waals surface area contributed by atoms with Crippen LogP contribution in [-0.4, -0.2) is 42.5 Å². The van der Waals surface area contributed by atoms with Crippen molar-refractivity contribution in [3.05, 3.63) is 0 Å². The van der Waals surface area contributed by atoms with Gasteiger partial charge in [0.2, 0.25) is 11.8 Å². The lowest BCUT2D eigenvalue weighted by atomic mass is 9.49. The zero-order chi connectivity index (χ0) is 18.1. The van der Waals surface area contributed by atoms with Gasteiger partial charge in [0.05, 0.1) is 18.1 Å². The fourth-order valence-corrected chi connectivity index (χ4v) is 6.14. The van der Waals surface area contributed by atoms with Crippen molar-refractivity contribution in [3.8, 4) is 0 Å². The van der Waals surface area contributed by atoms with Gasteiger partial charge in [-0.25, -0.2) is 0 Å². The molecule has 4 saturated carbocycles. The predicted octanol–water partition coefficient (Wildman–Crippen LogP) is 2.61. The Morgan fingerprint density at radius 3 is 2.44 bits per heavy atom. The molecule has 0 spiro atoms. The van der Waals surface area contributed by atoms with Gasteiger partial charge in [-0.1, -0.05) is 0 Å². The molecule has 142 valence electrons. The highest BCUT2D eigenvalue weighted by Gasteiger charge is 2.59. The van der Waals surface area contributed by atoms with Gasteiger partial charge in [0.15, 0.2) is 0 Å². The molecule has 4 aliphatic carbocycles. The maximum atomic E-state index is 12.8. The molecule has 0 aliphatic heterocycles. The number of nitrogens with one attached hydrogen (secondary N) is 2. The van der Waals surface area contributed by atoms with Crippen molar-refractivity contribution in [1.82, 2.24) is 10.6 Å². The minimum atomic E-state index is -0.336. The molecule has 2 N–H and O–H groups in total. The van der Waals surface area contributed by atoms with Gasteiger partial charge in [-0.05, 0) is 70.6 Å². The van der Waals surface area contributed by atoms with Crippen molar-refractivity contribution in [1.29, 1.82) is 0 Å². The van der Waals surface area contributed by atoms with Crippen molar-refractivity contribution in [2.45, 2.75) is 69.8 Å². The van der Waals surface area contributed by atoms with E-state index in [0.717, 1.165) is 38.5 Å². The van der Waals surface area contributed by atoms with E-state index < -0.39 is 0 Å². The van der Waals surface area contributed by atoms with Crippen molar-refractivity contribution >= 4 is 23.4 Å². The Hall–Kier alpha value is -0.810. The Balaban J connectivity index is 1.41. The first-order valence-corrected chi connectivity index (χ1v) is 10.0. The topological polar surface area (TPSA) is 67.4 Å². The Morgan fingerprint density at radius 2 is 1.84 bits per heavy atom. The number of alkyl halides is 1. The van der Waals surface area contributed by atoms with E-state index in [9.17, 15) is 9.59 Å². The molecule has 5 nitrogen and oxygen atoms in total. The van der Waals surface area contributed by atoms with Crippen LogP contribution in [0.3, 0.4) is 0 Å². The zero-order valence-electron chi connectivity index (χ0n) is 15.4. The second-order valence-corrected chi connectivity index (χ2v) is 9.50. The van der Waals surface area contributed by atoms with Crippen LogP contribution < -0.4 is 10.6 Å². The van der Waals surface area contributed by atoms with Crippen LogP contribution >= 0.6 is 11.6 Å². The second kappa shape index (κ2) is 7.43. The van der Waals surface area contributed by atoms with Crippen molar-refractivity contribution in [2.24, 2.45) is 17.3 Å². The van der Waals surface area contributed by atoms with Crippen molar-refractivity contribution in [3.63, 3.8) is 0 Å². The van der Waals surface area contributed by atoms with Crippen LogP contribution in [0.2, 0.25) is 0 Å². The molecule has 4 aliphatic rings. The van der Waals surface area contributed by atoms with Crippen LogP contribution in [0.15, 0.2) is 0 Å². The lowest BCUT2D eigenvalue weighted by Gasteiger charge is -2.59. The van der Waals surface area contributed by atoms with Gasteiger partial charge in [0.25, 0.3) is 0 Å². The van der Waals surface area contributed by atoms with Crippen LogP contribution in [0.1, 0.15) is 58.8 Å². The summed E-state index contributed by atoms with van der Waals surface area (Å²) in [5, 5.41) is 5.71. The molecule has 0 radical (unpaired) electrons. The lowest BCUT2D eigenvalue weighted by molar-refractivity contribution is -0.145. The van der Waals surface area contributed by atoms with Gasteiger partial charge in [0.1, 0.15) is 0 Å². The van der Waals surface area contributed by atoms with E-state index in [0.29, 0.717) is 25.0 Å². The van der Waals surface area contributed by atoms with Gasteiger partial charge in [-0.15, -0.1) is 11.6 Å². The monoisotopic (exact) mass is 370 g/mol. The molecule has 2 amide bonds. The first-order chi connectivity index (χ1) is 11.8. The molecule has 0 aromatic carbocycles. The third kappa shape index (κ3) is 4.48. The number of rotatable bonds is 8. The zero-order valence-corrected chi connectivity index (χ0v) is 16.2. The average molecular weight is 371 g/mol. The molecule has 4 fully saturated rings. The summed E-state index contributed by atoms with van der Waals surface area (Å²) in [4.78, 5) is 24.6. The first-order valence-electron chi connectivity index (χ1n) is 9.66. The van der Waals surface area contributed by atoms with Gasteiger partial charge in [0, 0.05) is 18.0 Å². The highest BCUT2D eigenvalue weighted by Crippen LogP contribution is 2.63. The smallest absolute Gasteiger partial charge is 0.239 e. The SMILES string of the molecule is CC(C)OCCCNC(=O)CNC(=O)C12CC3CC(CC(Cl)(C3)C1)C2. The number of halogens is 1. The Labute approximate surface area is 155 Å². The van der Waals surface area contributed by atoms with Crippen LogP contribution in [-0.2, 0) is 14.3 Å². The molecule has 2 atom stereocenters. The Bertz CT molecular complexity index is 509. The normalized spacial score (nSPS) is 35.8. The van der Waals surface area contributed by atoms with E-state index in [1.807, 2.05) is 13.8 Å². The Kier molecular flexibility index (Phi) is 5.64. The molecule has 25 heavy (non-hydrogen) atoms. The quantitative estimate of drug-likeness (QED) is 0.509. The molecule has 2 unspecified atom stereocenters. The van der Waals surface area contributed by atoms with Crippen molar-refractivity contribution in [2.75, 3.05) is 19.7 Å². The first kappa shape index (κ1) is 19.0. The van der Waals surface area contributed by atoms with E-state index in [1.165, 1.54) is 6.42 Å². The van der Waals surface area contributed by atoms with E-state index in [2.05, 4.69) is 10.6 Å². The molecule has 0 aromatic heterocycles. The molecule has 4 bridgehead atoms. The summed E-state index contributed by atoms with van der Waals surface area (Å²) in [6.07, 6.45) is 6.98. The molecule has 0 heterocycles. The van der Waals surface area contributed by atoms with Crippen LogP contribution in [0.5, 0.6) is 0 Å². The number of hydrogen-bond donors (Lipinski definition) is 2. The summed E-state index contributed by atoms with van der Waals surface area (Å²) in [5.41, 5.74) is -0.336. The summed E-state index contributed by atoms with van der Waals surface area (Å²) < 4.78 is 5.44. The van der Waals surface area contributed by atoms with Gasteiger partial charge in [-0.2, -0.15) is 0 Å². The van der Waals surface area contributed by atoms with Crippen LogP contribution in [0.4, 0.5) is 0 Å². The number of carbonyl (C=O) groups excluding carboxylic acids is 2. The highest BCUT2D eigenvalue weighted by molar-refractivity contribution is 6.24. The largest absolute Gasteiger partial charge is 0.379 e. The molecule has 0 aromatic rings. The highest BCUT2D eigenvalue weighted by atomic mass is 35.5. The number of hydrogen-bond acceptors (Lipinski definition) is 3. The molecule has 0 saturated heterocycles. The van der Waals surface area contributed by atoms with Gasteiger partial charge in [-0.3, -0.25) is 9.59 Å². The van der Waals surface area contributed by atoms with E-state index >= 15 is 0 Å². The minimum absolute atomic E-state index is 0.0323. The number of carbonyl (C=O) groups is 2. The Morgan fingerprint density at radius 1 is 1.16 bits per heavy atom. The van der Waals surface area contributed by atoms with E-state index in [1.54, 1.807) is 0 Å². The van der Waals surface area contributed by atoms with Crippen LogP contribution in [0, 0.1) is 17.3 Å². The predicted molar refractivity (Wildman–Crippen MR) is 97.4 cm³/mol. The van der Waals surface area contributed by atoms with Gasteiger partial charge >= 0.3 is 0 Å². The van der Waals surface area contributed by atoms with Gasteiger partial charge < -0.3 is 15.4 Å². The number of amides is 2. The molecular weight excluding hydrogens is 340 g/mol. The standard InChI is InChI=1S/C19H31ClN2O3/c1-13(2)25-5-3-4-21-16(23)11-22-17(24)18-7-14-6-15(8-18)10-19(20,9-14)12-18/h13-15H,3-12H2,1-2H3,(H,21,23)(H,22,24). The van der Waals surface area contributed by atoms with Crippen LogP contribution in [0.25, 0.3) is 0 Å². The summed E-state index contributed by atoms with van der Waals surface area (Å²) in [7, 11) is 0. The fourth-order valence-electron chi connectivity index (χ4n) is 5.45. The van der Waals surface area contributed by atoms with E-state index in [-0.39, 0.29) is 34.8 Å². The number of ether oxygens (including phenoxy) is 1. The van der Waals surface area contributed by atoms with Crippen molar-refractivity contribution < 1.29 is 14.3 Å². The maximum absolute atomic E-state index is 12.8. The summed E-state index contributed by atoms with van der Waals surface area (Å²) in [6.45, 7) is 5.23. The third-order valence-electron chi connectivity index (χ3n) is 5.98.